The molecule has 0 aliphatic carbocycles. The molecule has 2 aromatic rings. The van der Waals surface area contributed by atoms with Gasteiger partial charge in [-0.05, 0) is 37.1 Å². The Bertz CT molecular complexity index is 746. The smallest absolute Gasteiger partial charge is 0.269 e. The average Bonchev–Trinajstić information content (AvgIpc) is 2.54. The maximum Gasteiger partial charge on any atom is 0.269 e. The Morgan fingerprint density at radius 1 is 1.04 bits per heavy atom. The van der Waals surface area contributed by atoms with Crippen molar-refractivity contribution in [2.75, 3.05) is 5.32 Å². The molecule has 0 aromatic heterocycles. The minimum absolute atomic E-state index is 0.0213. The van der Waals surface area contributed by atoms with Crippen molar-refractivity contribution in [2.24, 2.45) is 0 Å². The van der Waals surface area contributed by atoms with Crippen LogP contribution in [0.25, 0.3) is 0 Å². The van der Waals surface area contributed by atoms with Gasteiger partial charge in [0, 0.05) is 36.8 Å². The maximum atomic E-state index is 11.2. The molecule has 2 unspecified atom stereocenters. The molecule has 0 saturated heterocycles. The summed E-state index contributed by atoms with van der Waals surface area (Å²) >= 11 is 0. The van der Waals surface area contributed by atoms with Crippen molar-refractivity contribution in [3.63, 3.8) is 0 Å². The van der Waals surface area contributed by atoms with Crippen LogP contribution in [0.1, 0.15) is 44.0 Å². The number of nitrogens with one attached hydrogen (secondary N) is 2. The number of carbonyl (C=O) groups excluding carboxylic acids is 1. The first-order chi connectivity index (χ1) is 11.4. The zero-order chi connectivity index (χ0) is 17.7. The lowest BCUT2D eigenvalue weighted by molar-refractivity contribution is -0.384. The molecule has 1 amide bonds. The van der Waals surface area contributed by atoms with Gasteiger partial charge in [0.05, 0.1) is 4.92 Å². The predicted molar refractivity (Wildman–Crippen MR) is 93.8 cm³/mol. The van der Waals surface area contributed by atoms with E-state index in [4.69, 9.17) is 0 Å². The third-order valence-electron chi connectivity index (χ3n) is 3.79. The van der Waals surface area contributed by atoms with Gasteiger partial charge in [-0.25, -0.2) is 0 Å². The topological polar surface area (TPSA) is 84.3 Å². The third-order valence-corrected chi connectivity index (χ3v) is 3.79. The zero-order valence-electron chi connectivity index (χ0n) is 13.9. The standard InChI is InChI=1S/C18H21N3O3/c1-12(15-6-4-8-17(10-15)20-14(3)22)19-13(2)16-7-5-9-18(11-16)21(23)24/h4-13,19H,1-3H3,(H,20,22). The van der Waals surface area contributed by atoms with Gasteiger partial charge < -0.3 is 10.6 Å². The van der Waals surface area contributed by atoms with Crippen LogP contribution in [0, 0.1) is 10.1 Å². The molecular formula is C18H21N3O3. The molecule has 0 saturated carbocycles. The van der Waals surface area contributed by atoms with Crippen molar-refractivity contribution in [3.8, 4) is 0 Å². The highest BCUT2D eigenvalue weighted by atomic mass is 16.6. The molecule has 0 heterocycles. The van der Waals surface area contributed by atoms with E-state index in [-0.39, 0.29) is 23.7 Å². The Morgan fingerprint density at radius 2 is 1.62 bits per heavy atom. The van der Waals surface area contributed by atoms with Gasteiger partial charge >= 0.3 is 0 Å². The predicted octanol–water partition coefficient (Wildman–Crippen LogP) is 3.97. The molecule has 2 N–H and O–H groups in total. The lowest BCUT2D eigenvalue weighted by Gasteiger charge is -2.21. The molecular weight excluding hydrogens is 306 g/mol. The van der Waals surface area contributed by atoms with Gasteiger partial charge in [0.1, 0.15) is 0 Å². The second-order valence-corrected chi connectivity index (χ2v) is 5.77. The van der Waals surface area contributed by atoms with E-state index in [1.807, 2.05) is 44.2 Å². The van der Waals surface area contributed by atoms with Gasteiger partial charge in [-0.2, -0.15) is 0 Å². The number of carbonyl (C=O) groups is 1. The summed E-state index contributed by atoms with van der Waals surface area (Å²) in [6.07, 6.45) is 0. The molecule has 6 heteroatoms. The number of amides is 1. The molecule has 0 aliphatic heterocycles. The third kappa shape index (κ3) is 4.63. The average molecular weight is 327 g/mol. The van der Waals surface area contributed by atoms with E-state index in [0.717, 1.165) is 16.8 Å². The number of nitrogens with zero attached hydrogens (tertiary/aromatic N) is 1. The second-order valence-electron chi connectivity index (χ2n) is 5.77. The number of benzene rings is 2. The van der Waals surface area contributed by atoms with Crippen molar-refractivity contribution in [2.45, 2.75) is 32.9 Å². The summed E-state index contributed by atoms with van der Waals surface area (Å²) in [5, 5.41) is 17.1. The van der Waals surface area contributed by atoms with Gasteiger partial charge in [-0.1, -0.05) is 24.3 Å². The Kier molecular flexibility index (Phi) is 5.65. The maximum absolute atomic E-state index is 11.2. The molecule has 126 valence electrons. The molecule has 0 spiro atoms. The Balaban J connectivity index is 2.11. The van der Waals surface area contributed by atoms with Gasteiger partial charge in [0.25, 0.3) is 5.69 Å². The first-order valence-electron chi connectivity index (χ1n) is 7.75. The SMILES string of the molecule is CC(=O)Nc1cccc(C(C)NC(C)c2cccc([N+](=O)[O-])c2)c1. The summed E-state index contributed by atoms with van der Waals surface area (Å²) in [6.45, 7) is 5.45. The number of hydrogen-bond donors (Lipinski definition) is 2. The number of nitro groups is 1. The van der Waals surface area contributed by atoms with Crippen LogP contribution >= 0.6 is 0 Å². The van der Waals surface area contributed by atoms with Crippen LogP contribution in [0.15, 0.2) is 48.5 Å². The van der Waals surface area contributed by atoms with E-state index in [2.05, 4.69) is 10.6 Å². The number of non-ortho nitro benzene ring substituents is 1. The molecule has 24 heavy (non-hydrogen) atoms. The highest BCUT2D eigenvalue weighted by molar-refractivity contribution is 5.88. The van der Waals surface area contributed by atoms with E-state index in [1.54, 1.807) is 12.1 Å². The summed E-state index contributed by atoms with van der Waals surface area (Å²) in [5.41, 5.74) is 2.71. The first kappa shape index (κ1) is 17.6. The van der Waals surface area contributed by atoms with Crippen molar-refractivity contribution in [3.05, 3.63) is 69.8 Å². The van der Waals surface area contributed by atoms with Crippen LogP contribution in [0.5, 0.6) is 0 Å². The molecule has 2 atom stereocenters. The normalized spacial score (nSPS) is 13.1. The second kappa shape index (κ2) is 7.70. The van der Waals surface area contributed by atoms with Crippen LogP contribution in [-0.2, 0) is 4.79 Å². The van der Waals surface area contributed by atoms with Gasteiger partial charge in [-0.3, -0.25) is 14.9 Å². The van der Waals surface area contributed by atoms with Crippen LogP contribution < -0.4 is 10.6 Å². The minimum Gasteiger partial charge on any atom is -0.326 e. The number of nitro benzene ring substituents is 1. The van der Waals surface area contributed by atoms with E-state index in [9.17, 15) is 14.9 Å². The molecule has 6 nitrogen and oxygen atoms in total. The Labute approximate surface area is 141 Å². The quantitative estimate of drug-likeness (QED) is 0.621. The van der Waals surface area contributed by atoms with Crippen molar-refractivity contribution < 1.29 is 9.72 Å². The number of rotatable bonds is 6. The largest absolute Gasteiger partial charge is 0.326 e. The van der Waals surface area contributed by atoms with Gasteiger partial charge in [-0.15, -0.1) is 0 Å². The first-order valence-corrected chi connectivity index (χ1v) is 7.75. The lowest BCUT2D eigenvalue weighted by Crippen LogP contribution is -2.22. The van der Waals surface area contributed by atoms with Crippen molar-refractivity contribution in [1.82, 2.24) is 5.32 Å². The van der Waals surface area contributed by atoms with Crippen molar-refractivity contribution in [1.29, 1.82) is 0 Å². The minimum atomic E-state index is -0.392. The van der Waals surface area contributed by atoms with E-state index in [1.165, 1.54) is 13.0 Å². The summed E-state index contributed by atoms with van der Waals surface area (Å²) in [6, 6.07) is 14.2. The highest BCUT2D eigenvalue weighted by Gasteiger charge is 2.14. The number of hydrogen-bond acceptors (Lipinski definition) is 4. The van der Waals surface area contributed by atoms with Crippen molar-refractivity contribution >= 4 is 17.3 Å². The summed E-state index contributed by atoms with van der Waals surface area (Å²) in [4.78, 5) is 21.7. The molecule has 0 aliphatic rings. The van der Waals surface area contributed by atoms with Crippen LogP contribution in [0.3, 0.4) is 0 Å². The fourth-order valence-electron chi connectivity index (χ4n) is 2.56. The molecule has 2 rings (SSSR count). The van der Waals surface area contributed by atoms with Crippen LogP contribution in [0.4, 0.5) is 11.4 Å². The summed E-state index contributed by atoms with van der Waals surface area (Å²) < 4.78 is 0. The van der Waals surface area contributed by atoms with Gasteiger partial charge in [0.2, 0.25) is 5.91 Å². The summed E-state index contributed by atoms with van der Waals surface area (Å²) in [7, 11) is 0. The van der Waals surface area contributed by atoms with E-state index >= 15 is 0 Å². The highest BCUT2D eigenvalue weighted by Crippen LogP contribution is 2.23. The molecule has 2 aromatic carbocycles. The fraction of sp³-hybridized carbons (Fsp3) is 0.278. The van der Waals surface area contributed by atoms with Crippen LogP contribution in [0.2, 0.25) is 0 Å². The fourth-order valence-corrected chi connectivity index (χ4v) is 2.56. The van der Waals surface area contributed by atoms with Crippen LogP contribution in [-0.4, -0.2) is 10.8 Å². The molecule has 0 bridgehead atoms. The van der Waals surface area contributed by atoms with E-state index < -0.39 is 4.92 Å². The number of anilines is 1. The monoisotopic (exact) mass is 327 g/mol. The summed E-state index contributed by atoms with van der Waals surface area (Å²) in [5.74, 6) is -0.113. The Morgan fingerprint density at radius 3 is 2.21 bits per heavy atom. The molecule has 0 radical (unpaired) electrons. The molecule has 0 fully saturated rings. The lowest BCUT2D eigenvalue weighted by atomic mass is 10.0. The zero-order valence-corrected chi connectivity index (χ0v) is 13.9. The van der Waals surface area contributed by atoms with E-state index in [0.29, 0.717) is 0 Å². The Hall–Kier alpha value is -2.73. The van der Waals surface area contributed by atoms with Gasteiger partial charge in [0.15, 0.2) is 0 Å².